The second-order valence-corrected chi connectivity index (χ2v) is 9.24. The molecule has 1 aromatic carbocycles. The molecule has 0 fully saturated rings. The van der Waals surface area contributed by atoms with Gasteiger partial charge in [0, 0.05) is 4.88 Å². The number of benzene rings is 1. The third-order valence-electron chi connectivity index (χ3n) is 5.29. The highest BCUT2D eigenvalue weighted by atomic mass is 32.1. The van der Waals surface area contributed by atoms with Crippen LogP contribution in [0.5, 0.6) is 0 Å². The second-order valence-electron chi connectivity index (χ2n) is 7.25. The van der Waals surface area contributed by atoms with Gasteiger partial charge in [-0.3, -0.25) is 14.5 Å². The van der Waals surface area contributed by atoms with Crippen molar-refractivity contribution >= 4 is 49.7 Å². The van der Waals surface area contributed by atoms with Crippen LogP contribution in [0.1, 0.15) is 39.7 Å². The zero-order chi connectivity index (χ0) is 21.7. The van der Waals surface area contributed by atoms with Crippen LogP contribution in [-0.4, -0.2) is 21.8 Å². The first kappa shape index (κ1) is 19.7. The maximum atomic E-state index is 13.3. The molecule has 0 unspecified atom stereocenters. The molecule has 1 atom stereocenters. The summed E-state index contributed by atoms with van der Waals surface area (Å²) in [6.45, 7) is 3.82. The molecule has 3 aromatic heterocycles. The van der Waals surface area contributed by atoms with Crippen LogP contribution in [0.2, 0.25) is 0 Å². The number of nitrogens with zero attached hydrogens (tertiary/aromatic N) is 2. The van der Waals surface area contributed by atoms with Gasteiger partial charge in [0.25, 0.3) is 5.91 Å². The van der Waals surface area contributed by atoms with Gasteiger partial charge in [0.05, 0.1) is 15.8 Å². The fourth-order valence-corrected chi connectivity index (χ4v) is 5.60. The first-order chi connectivity index (χ1) is 15.0. The Kier molecular flexibility index (Phi) is 4.75. The van der Waals surface area contributed by atoms with Crippen molar-refractivity contribution in [3.8, 4) is 0 Å². The molecule has 0 spiro atoms. The predicted molar refractivity (Wildman–Crippen MR) is 121 cm³/mol. The molecule has 1 aliphatic heterocycles. The number of hydrogen-bond acceptors (Lipinski definition) is 7. The molecule has 1 amide bonds. The summed E-state index contributed by atoms with van der Waals surface area (Å²) in [5.41, 5.74) is 1.96. The highest BCUT2D eigenvalue weighted by molar-refractivity contribution is 7.22. The van der Waals surface area contributed by atoms with Crippen molar-refractivity contribution in [3.05, 3.63) is 81.1 Å². The molecule has 1 aliphatic rings. The van der Waals surface area contributed by atoms with Gasteiger partial charge in [0.1, 0.15) is 11.8 Å². The maximum Gasteiger partial charge on any atom is 0.296 e. The van der Waals surface area contributed by atoms with Gasteiger partial charge in [-0.1, -0.05) is 30.4 Å². The topological polar surface area (TPSA) is 83.6 Å². The van der Waals surface area contributed by atoms with Crippen LogP contribution < -0.4 is 4.90 Å². The number of ketones is 1. The smallest absolute Gasteiger partial charge is 0.296 e. The lowest BCUT2D eigenvalue weighted by Crippen LogP contribution is -2.30. The van der Waals surface area contributed by atoms with Gasteiger partial charge in [-0.05, 0) is 54.6 Å². The Bertz CT molecular complexity index is 1350. The number of anilines is 1. The van der Waals surface area contributed by atoms with Crippen molar-refractivity contribution in [2.45, 2.75) is 26.3 Å². The number of thiophene rings is 1. The molecule has 0 saturated carbocycles. The van der Waals surface area contributed by atoms with Crippen molar-refractivity contribution in [3.63, 3.8) is 0 Å². The first-order valence-electron chi connectivity index (χ1n) is 9.78. The summed E-state index contributed by atoms with van der Waals surface area (Å²) in [7, 11) is 0. The molecule has 0 saturated heterocycles. The largest absolute Gasteiger partial charge is 0.503 e. The van der Waals surface area contributed by atoms with E-state index in [4.69, 9.17) is 4.42 Å². The number of thiazole rings is 1. The summed E-state index contributed by atoms with van der Waals surface area (Å²) in [6.07, 6.45) is 0.896. The lowest BCUT2D eigenvalue weighted by atomic mass is 10.0. The number of Topliss-reactive ketones (excluding diaryl/α,β-unsaturated/α-hetero) is 1. The quantitative estimate of drug-likeness (QED) is 0.400. The Morgan fingerprint density at radius 3 is 2.77 bits per heavy atom. The molecule has 0 aliphatic carbocycles. The minimum Gasteiger partial charge on any atom is -0.503 e. The predicted octanol–water partition coefficient (Wildman–Crippen LogP) is 5.60. The summed E-state index contributed by atoms with van der Waals surface area (Å²) >= 11 is 2.78. The molecule has 1 N–H and O–H groups in total. The van der Waals surface area contributed by atoms with Crippen molar-refractivity contribution < 1.29 is 19.1 Å². The fraction of sp³-hybridized carbons (Fsp3) is 0.174. The monoisotopic (exact) mass is 450 g/mol. The van der Waals surface area contributed by atoms with E-state index in [0.717, 1.165) is 21.5 Å². The molecule has 8 heteroatoms. The van der Waals surface area contributed by atoms with Crippen molar-refractivity contribution in [1.29, 1.82) is 0 Å². The van der Waals surface area contributed by atoms with Gasteiger partial charge in [-0.15, -0.1) is 11.3 Å². The molecule has 4 aromatic rings. The zero-order valence-electron chi connectivity index (χ0n) is 16.8. The number of hydrogen-bond donors (Lipinski definition) is 1. The van der Waals surface area contributed by atoms with Crippen LogP contribution in [0.3, 0.4) is 0 Å². The van der Waals surface area contributed by atoms with Gasteiger partial charge < -0.3 is 9.52 Å². The van der Waals surface area contributed by atoms with E-state index in [9.17, 15) is 14.7 Å². The van der Waals surface area contributed by atoms with Crippen LogP contribution in [0, 0.1) is 6.92 Å². The van der Waals surface area contributed by atoms with E-state index in [1.807, 2.05) is 29.6 Å². The van der Waals surface area contributed by atoms with Crippen molar-refractivity contribution in [2.75, 3.05) is 4.90 Å². The van der Waals surface area contributed by atoms with Crippen LogP contribution in [0.25, 0.3) is 10.2 Å². The fourth-order valence-electron chi connectivity index (χ4n) is 3.72. The van der Waals surface area contributed by atoms with E-state index in [1.165, 1.54) is 33.1 Å². The van der Waals surface area contributed by atoms with Gasteiger partial charge in [-0.2, -0.15) is 0 Å². The highest BCUT2D eigenvalue weighted by Gasteiger charge is 2.47. The Hall–Kier alpha value is -3.23. The Labute approximate surface area is 186 Å². The number of carbonyl (C=O) groups is 2. The number of aliphatic hydroxyl groups is 1. The van der Waals surface area contributed by atoms with Crippen LogP contribution in [0.4, 0.5) is 5.13 Å². The Morgan fingerprint density at radius 1 is 1.26 bits per heavy atom. The molecule has 5 rings (SSSR count). The average Bonchev–Trinajstić information content (AvgIpc) is 3.54. The zero-order valence-corrected chi connectivity index (χ0v) is 18.4. The number of fused-ring (bicyclic) bond motifs is 1. The first-order valence-corrected chi connectivity index (χ1v) is 11.5. The van der Waals surface area contributed by atoms with Crippen LogP contribution in [0.15, 0.2) is 63.6 Å². The standard InChI is InChI=1S/C23H18N2O4S2/c1-3-13-7-8-14-17(11-13)31-23(24-14)25-19(16-5-4-10-30-16)18(21(27)22(25)28)20(26)15-9-6-12(2)29-15/h4-11,19,27H,3H2,1-2H3/t19-/m0/s1. The maximum absolute atomic E-state index is 13.3. The summed E-state index contributed by atoms with van der Waals surface area (Å²) in [6, 6.07) is 12.2. The highest BCUT2D eigenvalue weighted by Crippen LogP contribution is 2.45. The van der Waals surface area contributed by atoms with Crippen molar-refractivity contribution in [1.82, 2.24) is 4.98 Å². The van der Waals surface area contributed by atoms with Crippen LogP contribution in [-0.2, 0) is 11.2 Å². The summed E-state index contributed by atoms with van der Waals surface area (Å²) in [5.74, 6) is -1.04. The van der Waals surface area contributed by atoms with Gasteiger partial charge in [-0.25, -0.2) is 4.98 Å². The molecular formula is C23H18N2O4S2. The SMILES string of the molecule is CCc1ccc2nc(N3C(=O)C(O)=C(C(=O)c4ccc(C)o4)[C@@H]3c3cccs3)sc2c1. The van der Waals surface area contributed by atoms with Crippen molar-refractivity contribution in [2.24, 2.45) is 0 Å². The van der Waals surface area contributed by atoms with Gasteiger partial charge >= 0.3 is 0 Å². The minimum absolute atomic E-state index is 0.00954. The normalized spacial score (nSPS) is 16.6. The lowest BCUT2D eigenvalue weighted by molar-refractivity contribution is -0.117. The van der Waals surface area contributed by atoms with E-state index in [-0.39, 0.29) is 11.3 Å². The van der Waals surface area contributed by atoms with Crippen LogP contribution >= 0.6 is 22.7 Å². The number of furan rings is 1. The molecule has 0 bridgehead atoms. The number of aryl methyl sites for hydroxylation is 2. The molecule has 4 heterocycles. The molecular weight excluding hydrogens is 432 g/mol. The van der Waals surface area contributed by atoms with Gasteiger partial charge in [0.2, 0.25) is 5.78 Å². The molecule has 31 heavy (non-hydrogen) atoms. The third-order valence-corrected chi connectivity index (χ3v) is 7.23. The Balaban J connectivity index is 1.64. The summed E-state index contributed by atoms with van der Waals surface area (Å²) in [4.78, 5) is 33.2. The Morgan fingerprint density at radius 2 is 2.10 bits per heavy atom. The summed E-state index contributed by atoms with van der Waals surface area (Å²) < 4.78 is 6.44. The third kappa shape index (κ3) is 3.19. The number of aliphatic hydroxyl groups excluding tert-OH is 1. The van der Waals surface area contributed by atoms with E-state index in [2.05, 4.69) is 18.0 Å². The molecule has 6 nitrogen and oxygen atoms in total. The summed E-state index contributed by atoms with van der Waals surface area (Å²) in [5, 5.41) is 13.1. The number of aromatic nitrogens is 1. The van der Waals surface area contributed by atoms with E-state index in [1.54, 1.807) is 19.1 Å². The molecule has 156 valence electrons. The van der Waals surface area contributed by atoms with E-state index in [0.29, 0.717) is 10.9 Å². The van der Waals surface area contributed by atoms with E-state index < -0.39 is 23.5 Å². The van der Waals surface area contributed by atoms with Gasteiger partial charge in [0.15, 0.2) is 16.7 Å². The molecule has 0 radical (unpaired) electrons. The number of carbonyl (C=O) groups excluding carboxylic acids is 2. The second kappa shape index (κ2) is 7.47. The van der Waals surface area contributed by atoms with E-state index >= 15 is 0 Å². The average molecular weight is 451 g/mol. The number of amides is 1. The number of rotatable bonds is 5. The lowest BCUT2D eigenvalue weighted by Gasteiger charge is -2.22. The minimum atomic E-state index is -0.767.